The molecule has 1 aliphatic rings. The predicted molar refractivity (Wildman–Crippen MR) is 95.6 cm³/mol. The Hall–Kier alpha value is -1.45. The van der Waals surface area contributed by atoms with Gasteiger partial charge < -0.3 is 5.32 Å². The lowest BCUT2D eigenvalue weighted by Crippen LogP contribution is -2.35. The highest BCUT2D eigenvalue weighted by Gasteiger charge is 2.29. The molecular formula is C16H24N2O5S2. The van der Waals surface area contributed by atoms with Gasteiger partial charge in [-0.3, -0.25) is 4.79 Å². The number of amides is 1. The lowest BCUT2D eigenvalue weighted by molar-refractivity contribution is 0.0941. The zero-order chi connectivity index (χ0) is 18.7. The average Bonchev–Trinajstić information content (AvgIpc) is 2.85. The summed E-state index contributed by atoms with van der Waals surface area (Å²) in [6.45, 7) is 4.38. The van der Waals surface area contributed by atoms with Crippen LogP contribution in [0.3, 0.4) is 0 Å². The fourth-order valence-electron chi connectivity index (χ4n) is 2.53. The summed E-state index contributed by atoms with van der Waals surface area (Å²) in [5, 5.41) is 2.67. The Labute approximate surface area is 149 Å². The van der Waals surface area contributed by atoms with Gasteiger partial charge in [-0.05, 0) is 43.0 Å². The number of benzene rings is 1. The monoisotopic (exact) mass is 388 g/mol. The van der Waals surface area contributed by atoms with E-state index in [1.165, 1.54) is 24.3 Å². The van der Waals surface area contributed by atoms with E-state index in [-0.39, 0.29) is 16.4 Å². The standard InChI is InChI=1S/C16H24N2O5S2/c1-12(2)7-9-17-25(22,23)15-5-3-13(4-6-15)16(19)18-14-8-10-24(20,21)11-14/h3-6,12,14,17H,7-11H2,1-2H3,(H,18,19). The molecule has 0 bridgehead atoms. The van der Waals surface area contributed by atoms with E-state index in [0.29, 0.717) is 24.4 Å². The van der Waals surface area contributed by atoms with Crippen LogP contribution in [-0.4, -0.2) is 46.8 Å². The summed E-state index contributed by atoms with van der Waals surface area (Å²) in [6.07, 6.45) is 1.14. The average molecular weight is 389 g/mol. The zero-order valence-corrected chi connectivity index (χ0v) is 16.0. The molecule has 1 aromatic rings. The van der Waals surface area contributed by atoms with Gasteiger partial charge in [-0.25, -0.2) is 21.6 Å². The minimum atomic E-state index is -3.60. The summed E-state index contributed by atoms with van der Waals surface area (Å²) in [5.74, 6) is 0.0225. The highest BCUT2D eigenvalue weighted by Crippen LogP contribution is 2.14. The Morgan fingerprint density at radius 1 is 1.24 bits per heavy atom. The molecule has 1 unspecified atom stereocenters. The minimum absolute atomic E-state index is 0.0506. The van der Waals surface area contributed by atoms with E-state index in [9.17, 15) is 21.6 Å². The number of sulfonamides is 1. The van der Waals surface area contributed by atoms with Crippen LogP contribution in [0.25, 0.3) is 0 Å². The zero-order valence-electron chi connectivity index (χ0n) is 14.4. The van der Waals surface area contributed by atoms with E-state index in [2.05, 4.69) is 10.0 Å². The van der Waals surface area contributed by atoms with Crippen LogP contribution in [0.1, 0.15) is 37.0 Å². The first-order chi connectivity index (χ1) is 11.6. The van der Waals surface area contributed by atoms with Gasteiger partial charge >= 0.3 is 0 Å². The maximum absolute atomic E-state index is 12.2. The molecule has 0 aliphatic carbocycles. The predicted octanol–water partition coefficient (Wildman–Crippen LogP) is 0.928. The molecule has 25 heavy (non-hydrogen) atoms. The van der Waals surface area contributed by atoms with Crippen molar-refractivity contribution in [1.29, 1.82) is 0 Å². The topological polar surface area (TPSA) is 109 Å². The molecule has 0 spiro atoms. The van der Waals surface area contributed by atoms with Crippen molar-refractivity contribution < 1.29 is 21.6 Å². The lowest BCUT2D eigenvalue weighted by Gasteiger charge is -2.12. The van der Waals surface area contributed by atoms with Crippen LogP contribution in [0.4, 0.5) is 0 Å². The summed E-state index contributed by atoms with van der Waals surface area (Å²) < 4.78 is 49.7. The van der Waals surface area contributed by atoms with Crippen molar-refractivity contribution in [3.8, 4) is 0 Å². The Bertz CT molecular complexity index is 815. The maximum Gasteiger partial charge on any atom is 0.251 e. The summed E-state index contributed by atoms with van der Waals surface area (Å²) in [6, 6.07) is 5.21. The number of carbonyl (C=O) groups is 1. The third-order valence-corrected chi connectivity index (χ3v) is 7.25. The van der Waals surface area contributed by atoms with E-state index >= 15 is 0 Å². The lowest BCUT2D eigenvalue weighted by atomic mass is 10.1. The first-order valence-corrected chi connectivity index (χ1v) is 11.5. The molecule has 140 valence electrons. The molecule has 0 radical (unpaired) electrons. The fraction of sp³-hybridized carbons (Fsp3) is 0.562. The molecular weight excluding hydrogens is 364 g/mol. The molecule has 1 amide bonds. The minimum Gasteiger partial charge on any atom is -0.348 e. The molecule has 7 nitrogen and oxygen atoms in total. The molecule has 0 saturated carbocycles. The Morgan fingerprint density at radius 3 is 2.40 bits per heavy atom. The highest BCUT2D eigenvalue weighted by atomic mass is 32.2. The van der Waals surface area contributed by atoms with E-state index in [4.69, 9.17) is 0 Å². The maximum atomic E-state index is 12.2. The van der Waals surface area contributed by atoms with Crippen LogP contribution >= 0.6 is 0 Å². The molecule has 2 rings (SSSR count). The number of nitrogens with one attached hydrogen (secondary N) is 2. The molecule has 9 heteroatoms. The third-order valence-electron chi connectivity index (χ3n) is 4.01. The molecule has 1 aromatic carbocycles. The van der Waals surface area contributed by atoms with Crippen LogP contribution in [0.15, 0.2) is 29.2 Å². The fourth-order valence-corrected chi connectivity index (χ4v) is 5.25. The molecule has 1 atom stereocenters. The van der Waals surface area contributed by atoms with Crippen molar-refractivity contribution in [3.63, 3.8) is 0 Å². The van der Waals surface area contributed by atoms with E-state index in [1.807, 2.05) is 13.8 Å². The molecule has 0 aromatic heterocycles. The van der Waals surface area contributed by atoms with Crippen molar-refractivity contribution in [2.45, 2.75) is 37.6 Å². The Balaban J connectivity index is 1.98. The van der Waals surface area contributed by atoms with Crippen molar-refractivity contribution in [1.82, 2.24) is 10.0 Å². The summed E-state index contributed by atoms with van der Waals surface area (Å²) >= 11 is 0. The number of hydrogen-bond acceptors (Lipinski definition) is 5. The second kappa shape index (κ2) is 7.84. The van der Waals surface area contributed by atoms with Crippen LogP contribution < -0.4 is 10.0 Å². The van der Waals surface area contributed by atoms with E-state index in [1.54, 1.807) is 0 Å². The normalized spacial score (nSPS) is 19.9. The quantitative estimate of drug-likeness (QED) is 0.722. The van der Waals surface area contributed by atoms with Crippen LogP contribution in [0.2, 0.25) is 0 Å². The van der Waals surface area contributed by atoms with Gasteiger partial charge in [0.1, 0.15) is 0 Å². The Kier molecular flexibility index (Phi) is 6.23. The van der Waals surface area contributed by atoms with Gasteiger partial charge in [0.05, 0.1) is 16.4 Å². The summed E-state index contributed by atoms with van der Waals surface area (Å²) in [5.41, 5.74) is 0.297. The van der Waals surface area contributed by atoms with Gasteiger partial charge in [0.25, 0.3) is 5.91 Å². The molecule has 1 fully saturated rings. The summed E-state index contributed by atoms with van der Waals surface area (Å²) in [4.78, 5) is 12.2. The van der Waals surface area contributed by atoms with Gasteiger partial charge in [-0.15, -0.1) is 0 Å². The van der Waals surface area contributed by atoms with Gasteiger partial charge in [0, 0.05) is 18.2 Å². The van der Waals surface area contributed by atoms with Crippen molar-refractivity contribution in [2.24, 2.45) is 5.92 Å². The number of rotatable bonds is 7. The molecule has 1 heterocycles. The van der Waals surface area contributed by atoms with Crippen molar-refractivity contribution in [3.05, 3.63) is 29.8 Å². The molecule has 1 aliphatic heterocycles. The van der Waals surface area contributed by atoms with Gasteiger partial charge in [0.2, 0.25) is 10.0 Å². The number of carbonyl (C=O) groups excluding carboxylic acids is 1. The first kappa shape index (κ1) is 19.9. The largest absolute Gasteiger partial charge is 0.348 e. The highest BCUT2D eigenvalue weighted by molar-refractivity contribution is 7.91. The first-order valence-electron chi connectivity index (χ1n) is 8.20. The van der Waals surface area contributed by atoms with Crippen LogP contribution in [0.5, 0.6) is 0 Å². The van der Waals surface area contributed by atoms with Crippen molar-refractivity contribution >= 4 is 25.8 Å². The molecule has 2 N–H and O–H groups in total. The summed E-state index contributed by atoms with van der Waals surface area (Å²) in [7, 11) is -6.66. The second-order valence-corrected chi connectivity index (χ2v) is 10.7. The van der Waals surface area contributed by atoms with E-state index in [0.717, 1.165) is 6.42 Å². The van der Waals surface area contributed by atoms with Gasteiger partial charge in [-0.2, -0.15) is 0 Å². The van der Waals surface area contributed by atoms with E-state index < -0.39 is 31.8 Å². The van der Waals surface area contributed by atoms with Gasteiger partial charge in [0.15, 0.2) is 9.84 Å². The smallest absolute Gasteiger partial charge is 0.251 e. The number of hydrogen-bond donors (Lipinski definition) is 2. The van der Waals surface area contributed by atoms with Crippen molar-refractivity contribution in [2.75, 3.05) is 18.1 Å². The van der Waals surface area contributed by atoms with Gasteiger partial charge in [-0.1, -0.05) is 13.8 Å². The molecule has 1 saturated heterocycles. The SMILES string of the molecule is CC(C)CCNS(=O)(=O)c1ccc(C(=O)NC2CCS(=O)(=O)C2)cc1. The Morgan fingerprint density at radius 2 is 1.88 bits per heavy atom. The second-order valence-electron chi connectivity index (χ2n) is 6.68. The third kappa shape index (κ3) is 5.79. The van der Waals surface area contributed by atoms with Crippen LogP contribution in [0, 0.1) is 5.92 Å². The number of sulfone groups is 1. The van der Waals surface area contributed by atoms with Crippen LogP contribution in [-0.2, 0) is 19.9 Å².